The van der Waals surface area contributed by atoms with E-state index in [-0.39, 0.29) is 22.7 Å². The van der Waals surface area contributed by atoms with Gasteiger partial charge in [-0.05, 0) is 18.6 Å². The Morgan fingerprint density at radius 3 is 2.57 bits per heavy atom. The first-order valence-electron chi connectivity index (χ1n) is 6.02. The van der Waals surface area contributed by atoms with Gasteiger partial charge in [-0.15, -0.1) is 0 Å². The molecule has 2 N–H and O–H groups in total. The van der Waals surface area contributed by atoms with Gasteiger partial charge in [0.15, 0.2) is 0 Å². The highest BCUT2D eigenvalue weighted by Gasteiger charge is 2.19. The zero-order chi connectivity index (χ0) is 15.6. The average molecular weight is 313 g/mol. The second-order valence-electron chi connectivity index (χ2n) is 4.48. The van der Waals surface area contributed by atoms with Gasteiger partial charge in [0.1, 0.15) is 11.6 Å². The summed E-state index contributed by atoms with van der Waals surface area (Å²) in [6, 6.07) is 6.84. The lowest BCUT2D eigenvalue weighted by Gasteiger charge is -2.14. The van der Waals surface area contributed by atoms with Crippen molar-refractivity contribution >= 4 is 17.3 Å². The number of rotatable bonds is 4. The number of benzene rings is 2. The van der Waals surface area contributed by atoms with Gasteiger partial charge >= 0.3 is 0 Å². The molecule has 0 saturated carbocycles. The second-order valence-corrected chi connectivity index (χ2v) is 4.89. The summed E-state index contributed by atoms with van der Waals surface area (Å²) >= 11 is 5.47. The molecule has 2 aromatic rings. The van der Waals surface area contributed by atoms with Crippen LogP contribution in [0, 0.1) is 21.7 Å². The van der Waals surface area contributed by atoms with Crippen molar-refractivity contribution in [3.63, 3.8) is 0 Å². The molecule has 7 heteroatoms. The van der Waals surface area contributed by atoms with Gasteiger partial charge in [0.2, 0.25) is 0 Å². The Kier molecular flexibility index (Phi) is 4.50. The normalized spacial score (nSPS) is 12.2. The molecule has 0 aliphatic rings. The number of hydrogen-bond acceptors (Lipinski definition) is 3. The first-order valence-corrected chi connectivity index (χ1v) is 6.40. The number of nitro groups is 1. The van der Waals surface area contributed by atoms with E-state index in [0.717, 1.165) is 12.1 Å². The Bertz CT molecular complexity index is 695. The van der Waals surface area contributed by atoms with Crippen LogP contribution in [0.5, 0.6) is 0 Å². The van der Waals surface area contributed by atoms with Crippen LogP contribution in [0.3, 0.4) is 0 Å². The van der Waals surface area contributed by atoms with Crippen molar-refractivity contribution < 1.29 is 13.7 Å². The van der Waals surface area contributed by atoms with Crippen molar-refractivity contribution in [2.45, 2.75) is 12.5 Å². The molecule has 0 amide bonds. The molecule has 110 valence electrons. The van der Waals surface area contributed by atoms with E-state index in [0.29, 0.717) is 5.56 Å². The zero-order valence-electron chi connectivity index (χ0n) is 10.7. The molecule has 0 radical (unpaired) electrons. The van der Waals surface area contributed by atoms with Crippen LogP contribution in [0.4, 0.5) is 14.5 Å². The van der Waals surface area contributed by atoms with Gasteiger partial charge in [-0.3, -0.25) is 10.1 Å². The smallest absolute Gasteiger partial charge is 0.272 e. The van der Waals surface area contributed by atoms with E-state index < -0.39 is 22.6 Å². The summed E-state index contributed by atoms with van der Waals surface area (Å²) in [5.74, 6) is -1.53. The number of hydrogen-bond donors (Lipinski definition) is 1. The molecule has 0 aromatic heterocycles. The van der Waals surface area contributed by atoms with Gasteiger partial charge < -0.3 is 5.73 Å². The molecule has 0 heterocycles. The molecule has 4 nitrogen and oxygen atoms in total. The number of nitrogens with two attached hydrogens (primary N) is 1. The number of nitro benzene ring substituents is 1. The Balaban J connectivity index is 2.33. The fourth-order valence-electron chi connectivity index (χ4n) is 2.03. The third kappa shape index (κ3) is 3.34. The summed E-state index contributed by atoms with van der Waals surface area (Å²) in [6.45, 7) is 0. The van der Waals surface area contributed by atoms with Gasteiger partial charge in [0, 0.05) is 23.2 Å². The van der Waals surface area contributed by atoms with E-state index >= 15 is 0 Å². The minimum atomic E-state index is -0.919. The molecule has 2 aromatic carbocycles. The molecule has 1 unspecified atom stereocenters. The summed E-state index contributed by atoms with van der Waals surface area (Å²) in [5.41, 5.74) is 6.01. The zero-order valence-corrected chi connectivity index (χ0v) is 11.5. The summed E-state index contributed by atoms with van der Waals surface area (Å²) in [7, 11) is 0. The lowest BCUT2D eigenvalue weighted by molar-refractivity contribution is -0.385. The van der Waals surface area contributed by atoms with Crippen molar-refractivity contribution in [1.29, 1.82) is 0 Å². The minimum Gasteiger partial charge on any atom is -0.324 e. The lowest BCUT2D eigenvalue weighted by atomic mass is 9.98. The molecule has 0 saturated heterocycles. The fourth-order valence-corrected chi connectivity index (χ4v) is 2.18. The molecule has 0 aliphatic heterocycles. The van der Waals surface area contributed by atoms with Gasteiger partial charge in [0.25, 0.3) is 5.69 Å². The summed E-state index contributed by atoms with van der Waals surface area (Å²) in [4.78, 5) is 10.4. The predicted molar refractivity (Wildman–Crippen MR) is 75.1 cm³/mol. The number of halogens is 3. The SMILES string of the molecule is NC(Cc1ccccc1[N+](=O)[O-])c1cc(F)c(Cl)cc1F. The highest BCUT2D eigenvalue weighted by atomic mass is 35.5. The van der Waals surface area contributed by atoms with E-state index in [1.807, 2.05) is 0 Å². The minimum absolute atomic E-state index is 0.00907. The molecule has 0 fully saturated rings. The van der Waals surface area contributed by atoms with Crippen LogP contribution < -0.4 is 5.73 Å². The standard InChI is InChI=1S/C14H11ClF2N2O2/c15-10-7-11(16)9(6-12(10)17)13(18)5-8-3-1-2-4-14(8)19(20)21/h1-4,6-7,13H,5,18H2. The lowest BCUT2D eigenvalue weighted by Crippen LogP contribution is -2.16. The van der Waals surface area contributed by atoms with Crippen LogP contribution in [0.2, 0.25) is 5.02 Å². The monoisotopic (exact) mass is 312 g/mol. The maximum atomic E-state index is 13.8. The average Bonchev–Trinajstić information content (AvgIpc) is 2.43. The van der Waals surface area contributed by atoms with E-state index in [1.54, 1.807) is 6.07 Å². The Morgan fingerprint density at radius 1 is 1.24 bits per heavy atom. The maximum Gasteiger partial charge on any atom is 0.272 e. The third-order valence-electron chi connectivity index (χ3n) is 3.07. The van der Waals surface area contributed by atoms with Gasteiger partial charge in [-0.25, -0.2) is 8.78 Å². The van der Waals surface area contributed by atoms with E-state index in [9.17, 15) is 18.9 Å². The molecule has 0 aliphatic carbocycles. The van der Waals surface area contributed by atoms with Gasteiger partial charge in [-0.2, -0.15) is 0 Å². The summed E-state index contributed by atoms with van der Waals surface area (Å²) in [6.07, 6.45) is 0.00907. The fraction of sp³-hybridized carbons (Fsp3) is 0.143. The van der Waals surface area contributed by atoms with Crippen molar-refractivity contribution in [1.82, 2.24) is 0 Å². The molecule has 1 atom stereocenters. The highest BCUT2D eigenvalue weighted by molar-refractivity contribution is 6.30. The Hall–Kier alpha value is -2.05. The molecule has 0 spiro atoms. The maximum absolute atomic E-state index is 13.8. The second kappa shape index (κ2) is 6.15. The van der Waals surface area contributed by atoms with Crippen LogP contribution >= 0.6 is 11.6 Å². The van der Waals surface area contributed by atoms with Crippen LogP contribution in [-0.4, -0.2) is 4.92 Å². The van der Waals surface area contributed by atoms with Crippen LogP contribution in [0.25, 0.3) is 0 Å². The molecular formula is C14H11ClF2N2O2. The Labute approximate surface area is 124 Å². The summed E-state index contributed by atoms with van der Waals surface area (Å²) in [5, 5.41) is 10.6. The third-order valence-corrected chi connectivity index (χ3v) is 3.36. The molecule has 0 bridgehead atoms. The molecule has 2 rings (SSSR count). The highest BCUT2D eigenvalue weighted by Crippen LogP contribution is 2.27. The van der Waals surface area contributed by atoms with Crippen molar-refractivity contribution in [2.24, 2.45) is 5.73 Å². The number of nitrogens with zero attached hydrogens (tertiary/aromatic N) is 1. The predicted octanol–water partition coefficient (Wildman–Crippen LogP) is 3.77. The Morgan fingerprint density at radius 2 is 1.90 bits per heavy atom. The summed E-state index contributed by atoms with van der Waals surface area (Å²) < 4.78 is 27.2. The van der Waals surface area contributed by atoms with E-state index in [4.69, 9.17) is 17.3 Å². The van der Waals surface area contributed by atoms with E-state index in [2.05, 4.69) is 0 Å². The molecular weight excluding hydrogens is 302 g/mol. The first kappa shape index (κ1) is 15.3. The van der Waals surface area contributed by atoms with Gasteiger partial charge in [-0.1, -0.05) is 29.8 Å². The van der Waals surface area contributed by atoms with Gasteiger partial charge in [0.05, 0.1) is 9.95 Å². The van der Waals surface area contributed by atoms with Crippen LogP contribution in [-0.2, 0) is 6.42 Å². The first-order chi connectivity index (χ1) is 9.90. The quantitative estimate of drug-likeness (QED) is 0.531. The molecule has 21 heavy (non-hydrogen) atoms. The van der Waals surface area contributed by atoms with Crippen molar-refractivity contribution in [2.75, 3.05) is 0 Å². The topological polar surface area (TPSA) is 69.2 Å². The van der Waals surface area contributed by atoms with Crippen molar-refractivity contribution in [3.8, 4) is 0 Å². The largest absolute Gasteiger partial charge is 0.324 e. The van der Waals surface area contributed by atoms with Crippen LogP contribution in [0.1, 0.15) is 17.2 Å². The van der Waals surface area contributed by atoms with Crippen molar-refractivity contribution in [3.05, 3.63) is 74.3 Å². The van der Waals surface area contributed by atoms with E-state index in [1.165, 1.54) is 18.2 Å². The van der Waals surface area contributed by atoms with Crippen LogP contribution in [0.15, 0.2) is 36.4 Å². The number of para-hydroxylation sites is 1.